The number of nitriles is 1. The van der Waals surface area contributed by atoms with Crippen LogP contribution in [0.2, 0.25) is 5.28 Å². The van der Waals surface area contributed by atoms with E-state index in [1.165, 1.54) is 6.07 Å². The normalized spacial score (nSPS) is 17.3. The molecule has 0 aliphatic carbocycles. The molecule has 0 N–H and O–H groups in total. The molecule has 1 aromatic heterocycles. The van der Waals surface area contributed by atoms with Crippen molar-refractivity contribution < 1.29 is 13.2 Å². The van der Waals surface area contributed by atoms with Crippen LogP contribution in [0.4, 0.5) is 24.7 Å². The van der Waals surface area contributed by atoms with Crippen molar-refractivity contribution in [3.63, 3.8) is 0 Å². The molecule has 5 nitrogen and oxygen atoms in total. The molecule has 1 fully saturated rings. The Labute approximate surface area is 166 Å². The van der Waals surface area contributed by atoms with Crippen LogP contribution in [0, 0.1) is 11.3 Å². The molecule has 0 spiro atoms. The van der Waals surface area contributed by atoms with E-state index in [1.54, 1.807) is 24.4 Å². The second-order valence-corrected chi connectivity index (χ2v) is 6.89. The SMILES string of the molecule is CCN(c1ccc(C#N)c(C(F)(F)F)c1)[C@@H]1CCCN(c2ccnc(Cl)n2)C1. The molecule has 9 heteroatoms. The van der Waals surface area contributed by atoms with Crippen LogP contribution in [0.1, 0.15) is 30.9 Å². The summed E-state index contributed by atoms with van der Waals surface area (Å²) in [5.41, 5.74) is -0.809. The minimum atomic E-state index is -4.57. The van der Waals surface area contributed by atoms with E-state index in [1.807, 2.05) is 11.8 Å². The van der Waals surface area contributed by atoms with Crippen LogP contribution in [0.15, 0.2) is 30.5 Å². The van der Waals surface area contributed by atoms with Gasteiger partial charge < -0.3 is 9.80 Å². The maximum absolute atomic E-state index is 13.3. The summed E-state index contributed by atoms with van der Waals surface area (Å²) >= 11 is 5.88. The van der Waals surface area contributed by atoms with Crippen LogP contribution < -0.4 is 9.80 Å². The third-order valence-electron chi connectivity index (χ3n) is 4.87. The zero-order valence-corrected chi connectivity index (χ0v) is 16.0. The number of benzene rings is 1. The minimum Gasteiger partial charge on any atom is -0.367 e. The molecule has 148 valence electrons. The lowest BCUT2D eigenvalue weighted by atomic mass is 10.0. The summed E-state index contributed by atoms with van der Waals surface area (Å²) in [6.07, 6.45) is -1.26. The van der Waals surface area contributed by atoms with E-state index >= 15 is 0 Å². The van der Waals surface area contributed by atoms with Crippen molar-refractivity contribution in [2.24, 2.45) is 0 Å². The topological polar surface area (TPSA) is 56.1 Å². The number of hydrogen-bond donors (Lipinski definition) is 0. The van der Waals surface area contributed by atoms with E-state index in [2.05, 4.69) is 14.9 Å². The van der Waals surface area contributed by atoms with Gasteiger partial charge >= 0.3 is 6.18 Å². The minimum absolute atomic E-state index is 0.0153. The molecule has 2 aromatic rings. The maximum atomic E-state index is 13.3. The molecule has 1 atom stereocenters. The number of rotatable bonds is 4. The highest BCUT2D eigenvalue weighted by Gasteiger charge is 2.35. The van der Waals surface area contributed by atoms with Gasteiger partial charge in [0.25, 0.3) is 0 Å². The van der Waals surface area contributed by atoms with E-state index in [9.17, 15) is 13.2 Å². The van der Waals surface area contributed by atoms with Gasteiger partial charge in [-0.25, -0.2) is 9.97 Å². The lowest BCUT2D eigenvalue weighted by Crippen LogP contribution is -2.48. The second-order valence-electron chi connectivity index (χ2n) is 6.55. The molecule has 2 heterocycles. The van der Waals surface area contributed by atoms with E-state index in [4.69, 9.17) is 16.9 Å². The third-order valence-corrected chi connectivity index (χ3v) is 5.06. The van der Waals surface area contributed by atoms with Gasteiger partial charge in [0.15, 0.2) is 0 Å². The number of halogens is 4. The summed E-state index contributed by atoms with van der Waals surface area (Å²) in [5.74, 6) is 0.705. The van der Waals surface area contributed by atoms with Crippen molar-refractivity contribution in [3.05, 3.63) is 46.9 Å². The number of anilines is 2. The second kappa shape index (κ2) is 8.23. The van der Waals surface area contributed by atoms with Gasteiger partial charge in [0.2, 0.25) is 5.28 Å². The molecule has 0 amide bonds. The van der Waals surface area contributed by atoms with Crippen LogP contribution in [0.25, 0.3) is 0 Å². The average Bonchev–Trinajstić information content (AvgIpc) is 2.68. The summed E-state index contributed by atoms with van der Waals surface area (Å²) in [4.78, 5) is 12.1. The van der Waals surface area contributed by atoms with Crippen molar-refractivity contribution in [1.29, 1.82) is 5.26 Å². The Morgan fingerprint density at radius 1 is 1.36 bits per heavy atom. The van der Waals surface area contributed by atoms with Crippen LogP contribution in [0.3, 0.4) is 0 Å². The van der Waals surface area contributed by atoms with Gasteiger partial charge in [0.1, 0.15) is 5.82 Å². The third kappa shape index (κ3) is 4.30. The lowest BCUT2D eigenvalue weighted by molar-refractivity contribution is -0.137. The molecular formula is C19H19ClF3N5. The van der Waals surface area contributed by atoms with E-state index in [-0.39, 0.29) is 16.9 Å². The Balaban J connectivity index is 1.88. The van der Waals surface area contributed by atoms with Crippen molar-refractivity contribution in [3.8, 4) is 6.07 Å². The van der Waals surface area contributed by atoms with Crippen LogP contribution in [-0.4, -0.2) is 35.6 Å². The Bertz CT molecular complexity index is 881. The van der Waals surface area contributed by atoms with Crippen LogP contribution in [-0.2, 0) is 6.18 Å². The predicted octanol–water partition coefficient (Wildman–Crippen LogP) is 4.52. The number of hydrogen-bond acceptors (Lipinski definition) is 5. The molecule has 3 rings (SSSR count). The first-order valence-corrected chi connectivity index (χ1v) is 9.32. The number of piperidine rings is 1. The monoisotopic (exact) mass is 409 g/mol. The van der Waals surface area contributed by atoms with Gasteiger partial charge in [-0.05, 0) is 55.6 Å². The van der Waals surface area contributed by atoms with Gasteiger partial charge in [-0.15, -0.1) is 0 Å². The van der Waals surface area contributed by atoms with Gasteiger partial charge in [-0.1, -0.05) is 0 Å². The first kappa shape index (κ1) is 20.2. The summed E-state index contributed by atoms with van der Waals surface area (Å²) in [5, 5.41) is 9.17. The number of alkyl halides is 3. The Morgan fingerprint density at radius 2 is 2.14 bits per heavy atom. The molecule has 0 bridgehead atoms. The molecule has 1 aliphatic rings. The van der Waals surface area contributed by atoms with E-state index in [0.29, 0.717) is 24.6 Å². The zero-order chi connectivity index (χ0) is 20.3. The highest BCUT2D eigenvalue weighted by atomic mass is 35.5. The molecule has 1 saturated heterocycles. The van der Waals surface area contributed by atoms with Gasteiger partial charge in [-0.2, -0.15) is 18.4 Å². The van der Waals surface area contributed by atoms with Crippen molar-refractivity contribution >= 4 is 23.1 Å². The van der Waals surface area contributed by atoms with Crippen LogP contribution in [0.5, 0.6) is 0 Å². The smallest absolute Gasteiger partial charge is 0.367 e. The summed E-state index contributed by atoms with van der Waals surface area (Å²) < 4.78 is 40.0. The Hall–Kier alpha value is -2.53. The summed E-state index contributed by atoms with van der Waals surface area (Å²) in [6.45, 7) is 3.86. The first-order valence-electron chi connectivity index (χ1n) is 8.95. The molecule has 0 unspecified atom stereocenters. The zero-order valence-electron chi connectivity index (χ0n) is 15.2. The van der Waals surface area contributed by atoms with E-state index in [0.717, 1.165) is 25.5 Å². The molecule has 0 saturated carbocycles. The number of aromatic nitrogens is 2. The predicted molar refractivity (Wildman–Crippen MR) is 101 cm³/mol. The molecule has 1 aliphatic heterocycles. The highest BCUT2D eigenvalue weighted by molar-refractivity contribution is 6.28. The maximum Gasteiger partial charge on any atom is 0.417 e. The van der Waals surface area contributed by atoms with Crippen molar-refractivity contribution in [1.82, 2.24) is 9.97 Å². The average molecular weight is 410 g/mol. The van der Waals surface area contributed by atoms with E-state index < -0.39 is 11.7 Å². The number of nitrogens with zero attached hydrogens (tertiary/aromatic N) is 5. The van der Waals surface area contributed by atoms with Crippen molar-refractivity contribution in [2.45, 2.75) is 32.0 Å². The molecule has 28 heavy (non-hydrogen) atoms. The fraction of sp³-hybridized carbons (Fsp3) is 0.421. The fourth-order valence-corrected chi connectivity index (χ4v) is 3.76. The van der Waals surface area contributed by atoms with Crippen molar-refractivity contribution in [2.75, 3.05) is 29.4 Å². The molecule has 0 radical (unpaired) electrons. The summed E-state index contributed by atoms with van der Waals surface area (Å²) in [7, 11) is 0. The summed E-state index contributed by atoms with van der Waals surface area (Å²) in [6, 6.07) is 7.31. The fourth-order valence-electron chi connectivity index (χ4n) is 3.61. The van der Waals surface area contributed by atoms with Gasteiger partial charge in [0, 0.05) is 37.6 Å². The molecule has 1 aromatic carbocycles. The largest absolute Gasteiger partial charge is 0.417 e. The van der Waals surface area contributed by atoms with Gasteiger partial charge in [0.05, 0.1) is 17.2 Å². The Morgan fingerprint density at radius 3 is 2.79 bits per heavy atom. The van der Waals surface area contributed by atoms with Crippen LogP contribution >= 0.6 is 11.6 Å². The number of likely N-dealkylation sites (N-methyl/N-ethyl adjacent to an activating group) is 1. The Kier molecular flexibility index (Phi) is 5.94. The standard InChI is InChI=1S/C19H19ClF3N5/c1-2-28(14-6-5-13(11-24)16(10-14)19(21,22)23)15-4-3-9-27(12-15)17-7-8-25-18(20)26-17/h5-8,10,15H,2-4,9,12H2,1H3/t15-/m1/s1. The lowest BCUT2D eigenvalue weighted by Gasteiger charge is -2.40. The quantitative estimate of drug-likeness (QED) is 0.695. The first-order chi connectivity index (χ1) is 13.3. The molecular weight excluding hydrogens is 391 g/mol. The highest BCUT2D eigenvalue weighted by Crippen LogP contribution is 2.35. The van der Waals surface area contributed by atoms with Gasteiger partial charge in [-0.3, -0.25) is 0 Å².